The summed E-state index contributed by atoms with van der Waals surface area (Å²) in [6.45, 7) is 0. The van der Waals surface area contributed by atoms with Crippen LogP contribution in [-0.2, 0) is 5.66 Å². The maximum Gasteiger partial charge on any atom is 0.436 e. The normalized spacial score (nSPS) is 24.4. The Morgan fingerprint density at radius 3 is 2.50 bits per heavy atom. The van der Waals surface area contributed by atoms with E-state index in [1.54, 1.807) is 6.07 Å². The molecule has 0 saturated carbocycles. The summed E-state index contributed by atoms with van der Waals surface area (Å²) >= 11 is 5.76. The van der Waals surface area contributed by atoms with Crippen molar-refractivity contribution >= 4 is 23.5 Å². The van der Waals surface area contributed by atoms with E-state index in [1.165, 1.54) is 42.6 Å². The molecular weight excluding hydrogens is 319 g/mol. The molecule has 4 nitrogen and oxygen atoms in total. The molecule has 0 aromatic heterocycles. The summed E-state index contributed by atoms with van der Waals surface area (Å²) in [4.78, 5) is 16.8. The van der Waals surface area contributed by atoms with Gasteiger partial charge in [-0.1, -0.05) is 41.9 Å². The van der Waals surface area contributed by atoms with Gasteiger partial charge in [0.1, 0.15) is 5.84 Å². The molecule has 1 atom stereocenters. The van der Waals surface area contributed by atoms with E-state index in [4.69, 9.17) is 11.6 Å². The van der Waals surface area contributed by atoms with Crippen LogP contribution in [0.1, 0.15) is 5.56 Å². The van der Waals surface area contributed by atoms with E-state index in [0.29, 0.717) is 0 Å². The van der Waals surface area contributed by atoms with Gasteiger partial charge in [0.2, 0.25) is 0 Å². The summed E-state index contributed by atoms with van der Waals surface area (Å²) < 4.78 is 41.1. The van der Waals surface area contributed by atoms with Crippen LogP contribution in [-0.4, -0.2) is 22.9 Å². The van der Waals surface area contributed by atoms with Crippen LogP contribution >= 0.6 is 11.6 Å². The smallest absolute Gasteiger partial charge is 0.301 e. The van der Waals surface area contributed by atoms with Crippen molar-refractivity contribution in [1.29, 1.82) is 0 Å². The van der Waals surface area contributed by atoms with Gasteiger partial charge in [0.15, 0.2) is 0 Å². The lowest BCUT2D eigenvalue weighted by atomic mass is 9.98. The van der Waals surface area contributed by atoms with E-state index in [1.807, 2.05) is 5.32 Å². The largest absolute Gasteiger partial charge is 0.436 e. The quantitative estimate of drug-likeness (QED) is 0.843. The molecule has 2 aliphatic rings. The lowest BCUT2D eigenvalue weighted by Crippen LogP contribution is -2.62. The predicted octanol–water partition coefficient (Wildman–Crippen LogP) is 3.48. The minimum atomic E-state index is -4.80. The van der Waals surface area contributed by atoms with Gasteiger partial charge < -0.3 is 5.32 Å². The van der Waals surface area contributed by atoms with Gasteiger partial charge in [-0.2, -0.15) is 13.2 Å². The number of urea groups is 1. The average molecular weight is 328 g/mol. The van der Waals surface area contributed by atoms with E-state index in [2.05, 4.69) is 4.99 Å². The second-order valence-corrected chi connectivity index (χ2v) is 5.13. The van der Waals surface area contributed by atoms with Crippen molar-refractivity contribution in [3.8, 4) is 0 Å². The van der Waals surface area contributed by atoms with E-state index in [9.17, 15) is 18.0 Å². The number of alkyl halides is 3. The summed E-state index contributed by atoms with van der Waals surface area (Å²) in [5.41, 5.74) is -2.99. The minimum Gasteiger partial charge on any atom is -0.301 e. The summed E-state index contributed by atoms with van der Waals surface area (Å²) in [6, 6.07) is 6.07. The molecular formula is C14H9ClF3N3O. The number of carbonyl (C=O) groups is 1. The molecule has 1 aromatic rings. The number of benzene rings is 1. The summed E-state index contributed by atoms with van der Waals surface area (Å²) in [7, 11) is 0. The molecule has 2 aliphatic heterocycles. The number of hydrogen-bond donors (Lipinski definition) is 1. The molecule has 0 saturated heterocycles. The standard InChI is InChI=1S/C14H9ClF3N3O/c15-10-6-7-11-19-13(14(16,17)18,9-4-2-1-3-5-9)20-12(22)21(11)8-10/h1-8H,(H,20,22)/t13-/m0/s1. The number of halogens is 4. The molecule has 0 fully saturated rings. The zero-order valence-electron chi connectivity index (χ0n) is 10.9. The summed E-state index contributed by atoms with van der Waals surface area (Å²) in [5.74, 6) is -0.130. The van der Waals surface area contributed by atoms with Gasteiger partial charge in [0, 0.05) is 11.8 Å². The van der Waals surface area contributed by atoms with Gasteiger partial charge in [0.25, 0.3) is 5.66 Å². The second-order valence-electron chi connectivity index (χ2n) is 4.69. The van der Waals surface area contributed by atoms with Crippen molar-refractivity contribution in [3.05, 3.63) is 59.3 Å². The lowest BCUT2D eigenvalue weighted by molar-refractivity contribution is -0.196. The first-order valence-electron chi connectivity index (χ1n) is 6.22. The van der Waals surface area contributed by atoms with Crippen LogP contribution in [0.25, 0.3) is 0 Å². The summed E-state index contributed by atoms with van der Waals surface area (Å²) in [5, 5.41) is 2.16. The number of allylic oxidation sites excluding steroid dienone is 2. The molecule has 0 bridgehead atoms. The highest BCUT2D eigenvalue weighted by Gasteiger charge is 2.60. The maximum atomic E-state index is 13.7. The Labute approximate surface area is 128 Å². The highest BCUT2D eigenvalue weighted by Crippen LogP contribution is 2.42. The number of carbonyl (C=O) groups excluding carboxylic acids is 1. The highest BCUT2D eigenvalue weighted by molar-refractivity contribution is 6.32. The van der Waals surface area contributed by atoms with Gasteiger partial charge in [-0.15, -0.1) is 0 Å². The number of nitrogens with one attached hydrogen (secondary N) is 1. The third-order valence-electron chi connectivity index (χ3n) is 3.28. The lowest BCUT2D eigenvalue weighted by Gasteiger charge is -2.40. The van der Waals surface area contributed by atoms with Crippen molar-refractivity contribution < 1.29 is 18.0 Å². The van der Waals surface area contributed by atoms with Crippen LogP contribution in [0.3, 0.4) is 0 Å². The topological polar surface area (TPSA) is 44.7 Å². The molecule has 2 heterocycles. The zero-order chi connectivity index (χ0) is 16.0. The number of fused-ring (bicyclic) bond motifs is 1. The number of amidine groups is 1. The van der Waals surface area contributed by atoms with Crippen molar-refractivity contribution in [1.82, 2.24) is 10.2 Å². The van der Waals surface area contributed by atoms with Gasteiger partial charge in [0.05, 0.1) is 5.03 Å². The molecule has 8 heteroatoms. The predicted molar refractivity (Wildman–Crippen MR) is 75.1 cm³/mol. The Hall–Kier alpha value is -2.28. The first-order valence-corrected chi connectivity index (χ1v) is 6.60. The second kappa shape index (κ2) is 4.88. The first-order chi connectivity index (χ1) is 10.3. The van der Waals surface area contributed by atoms with Gasteiger partial charge in [-0.25, -0.2) is 9.79 Å². The number of aliphatic imine (C=N–C) groups is 1. The van der Waals surface area contributed by atoms with E-state index < -0.39 is 17.9 Å². The fraction of sp³-hybridized carbons (Fsp3) is 0.143. The van der Waals surface area contributed by atoms with E-state index in [0.717, 1.165) is 4.90 Å². The van der Waals surface area contributed by atoms with Crippen LogP contribution < -0.4 is 5.32 Å². The van der Waals surface area contributed by atoms with Crippen LogP contribution in [0.15, 0.2) is 58.7 Å². The average Bonchev–Trinajstić information content (AvgIpc) is 2.47. The van der Waals surface area contributed by atoms with E-state index in [-0.39, 0.29) is 16.4 Å². The molecule has 0 radical (unpaired) electrons. The Morgan fingerprint density at radius 1 is 1.18 bits per heavy atom. The van der Waals surface area contributed by atoms with Crippen LogP contribution in [0.5, 0.6) is 0 Å². The maximum absolute atomic E-state index is 13.7. The van der Waals surface area contributed by atoms with Gasteiger partial charge in [-0.05, 0) is 12.2 Å². The molecule has 114 valence electrons. The van der Waals surface area contributed by atoms with Crippen molar-refractivity contribution in [2.75, 3.05) is 0 Å². The number of rotatable bonds is 1. The van der Waals surface area contributed by atoms with Gasteiger partial charge in [-0.3, -0.25) is 4.90 Å². The molecule has 0 aliphatic carbocycles. The number of nitrogens with zero attached hydrogens (tertiary/aromatic N) is 2. The minimum absolute atomic E-state index is 0.130. The Balaban J connectivity index is 2.20. The van der Waals surface area contributed by atoms with Gasteiger partial charge >= 0.3 is 12.2 Å². The fourth-order valence-electron chi connectivity index (χ4n) is 2.25. The molecule has 0 unspecified atom stereocenters. The SMILES string of the molecule is O=C1N[C@@](c2ccccc2)(C(F)(F)F)N=C2C=CC(Cl)=CN12. The molecule has 2 amide bonds. The number of amides is 2. The Bertz CT molecular complexity index is 712. The molecule has 3 rings (SSSR count). The fourth-order valence-corrected chi connectivity index (χ4v) is 2.41. The van der Waals surface area contributed by atoms with Crippen molar-refractivity contribution in [2.24, 2.45) is 4.99 Å². The van der Waals surface area contributed by atoms with Crippen molar-refractivity contribution in [2.45, 2.75) is 11.8 Å². The molecule has 1 aromatic carbocycles. The van der Waals surface area contributed by atoms with Crippen LogP contribution in [0.4, 0.5) is 18.0 Å². The zero-order valence-corrected chi connectivity index (χ0v) is 11.7. The Morgan fingerprint density at radius 2 is 1.86 bits per heavy atom. The Kier molecular flexibility index (Phi) is 3.25. The van der Waals surface area contributed by atoms with Crippen LogP contribution in [0, 0.1) is 0 Å². The highest BCUT2D eigenvalue weighted by atomic mass is 35.5. The third kappa shape index (κ3) is 2.18. The van der Waals surface area contributed by atoms with Crippen LogP contribution in [0.2, 0.25) is 0 Å². The van der Waals surface area contributed by atoms with Crippen molar-refractivity contribution in [3.63, 3.8) is 0 Å². The first kappa shape index (κ1) is 14.6. The molecule has 1 N–H and O–H groups in total. The molecule has 22 heavy (non-hydrogen) atoms. The molecule has 0 spiro atoms. The summed E-state index contributed by atoms with van der Waals surface area (Å²) in [6.07, 6.45) is -0.949. The monoisotopic (exact) mass is 327 g/mol. The third-order valence-corrected chi connectivity index (χ3v) is 3.51. The van der Waals surface area contributed by atoms with E-state index >= 15 is 0 Å². The number of hydrogen-bond acceptors (Lipinski definition) is 2.